The minimum absolute atomic E-state index is 0.0528. The first kappa shape index (κ1) is 14.0. The highest BCUT2D eigenvalue weighted by atomic mass is 16.5. The molecule has 0 bridgehead atoms. The van der Waals surface area contributed by atoms with Gasteiger partial charge in [0.2, 0.25) is 0 Å². The quantitative estimate of drug-likeness (QED) is 0.535. The zero-order chi connectivity index (χ0) is 15.4. The Bertz CT molecular complexity index is 838. The molecule has 0 saturated heterocycles. The molecule has 108 valence electrons. The van der Waals surface area contributed by atoms with Crippen molar-refractivity contribution in [3.8, 4) is 5.75 Å². The molecule has 3 rings (SSSR count). The van der Waals surface area contributed by atoms with E-state index in [2.05, 4.69) is 4.98 Å². The number of ketones is 1. The summed E-state index contributed by atoms with van der Waals surface area (Å²) in [5.74, 6) is 0.783. The highest BCUT2D eigenvalue weighted by Gasteiger charge is 2.01. The zero-order valence-corrected chi connectivity index (χ0v) is 12.2. The Morgan fingerprint density at radius 1 is 1.09 bits per heavy atom. The maximum absolute atomic E-state index is 12.0. The molecular formula is C19H15NO2. The first-order valence-corrected chi connectivity index (χ1v) is 6.96. The summed E-state index contributed by atoms with van der Waals surface area (Å²) in [6, 6.07) is 15.5. The summed E-state index contributed by atoms with van der Waals surface area (Å²) in [6.45, 7) is 0. The normalized spacial score (nSPS) is 11.0. The second kappa shape index (κ2) is 6.22. The Kier molecular flexibility index (Phi) is 3.97. The molecule has 3 nitrogen and oxygen atoms in total. The van der Waals surface area contributed by atoms with Crippen molar-refractivity contribution in [2.75, 3.05) is 7.11 Å². The largest absolute Gasteiger partial charge is 0.497 e. The van der Waals surface area contributed by atoms with E-state index in [4.69, 9.17) is 4.74 Å². The summed E-state index contributed by atoms with van der Waals surface area (Å²) in [6.07, 6.45) is 6.61. The van der Waals surface area contributed by atoms with E-state index in [1.807, 2.05) is 42.5 Å². The first-order chi connectivity index (χ1) is 10.8. The lowest BCUT2D eigenvalue weighted by molar-refractivity contribution is 0.104. The minimum Gasteiger partial charge on any atom is -0.497 e. The molecule has 0 unspecified atom stereocenters. The van der Waals surface area contributed by atoms with Crippen molar-refractivity contribution in [3.05, 3.63) is 78.1 Å². The van der Waals surface area contributed by atoms with Gasteiger partial charge in [0, 0.05) is 18.0 Å². The molecule has 1 heterocycles. The summed E-state index contributed by atoms with van der Waals surface area (Å²) in [5, 5.41) is 2.21. The molecule has 0 saturated carbocycles. The van der Waals surface area contributed by atoms with E-state index in [1.54, 1.807) is 37.7 Å². The molecule has 0 aliphatic carbocycles. The molecule has 3 heteroatoms. The monoisotopic (exact) mass is 289 g/mol. The molecular weight excluding hydrogens is 274 g/mol. The van der Waals surface area contributed by atoms with Gasteiger partial charge in [0.15, 0.2) is 5.78 Å². The van der Waals surface area contributed by atoms with Gasteiger partial charge in [-0.2, -0.15) is 0 Å². The van der Waals surface area contributed by atoms with Gasteiger partial charge in [-0.1, -0.05) is 24.3 Å². The van der Waals surface area contributed by atoms with Gasteiger partial charge >= 0.3 is 0 Å². The SMILES string of the molecule is COc1ccc2cc(C=CC(=O)c3cccnc3)ccc2c1. The molecule has 22 heavy (non-hydrogen) atoms. The average Bonchev–Trinajstić information content (AvgIpc) is 2.59. The number of ether oxygens (including phenoxy) is 1. The Morgan fingerprint density at radius 2 is 1.91 bits per heavy atom. The van der Waals surface area contributed by atoms with Crippen LogP contribution in [0.15, 0.2) is 67.0 Å². The van der Waals surface area contributed by atoms with Crippen molar-refractivity contribution in [2.24, 2.45) is 0 Å². The lowest BCUT2D eigenvalue weighted by atomic mass is 10.1. The van der Waals surface area contributed by atoms with E-state index in [9.17, 15) is 4.79 Å². The molecule has 0 aliphatic rings. The van der Waals surface area contributed by atoms with E-state index in [1.165, 1.54) is 0 Å². The molecule has 3 aromatic rings. The number of carbonyl (C=O) groups excluding carboxylic acids is 1. The van der Waals surface area contributed by atoms with Crippen LogP contribution in [0, 0.1) is 0 Å². The highest BCUT2D eigenvalue weighted by molar-refractivity contribution is 6.06. The summed E-state index contributed by atoms with van der Waals surface area (Å²) in [7, 11) is 1.66. The van der Waals surface area contributed by atoms with Crippen LogP contribution in [0.2, 0.25) is 0 Å². The van der Waals surface area contributed by atoms with Crippen LogP contribution in [0.1, 0.15) is 15.9 Å². The van der Waals surface area contributed by atoms with Gasteiger partial charge < -0.3 is 4.74 Å². The van der Waals surface area contributed by atoms with E-state index in [0.717, 1.165) is 22.1 Å². The second-order valence-electron chi connectivity index (χ2n) is 4.91. The number of carbonyl (C=O) groups is 1. The first-order valence-electron chi connectivity index (χ1n) is 6.96. The molecule has 0 aliphatic heterocycles. The number of pyridine rings is 1. The Labute approximate surface area is 128 Å². The van der Waals surface area contributed by atoms with Crippen LogP contribution >= 0.6 is 0 Å². The highest BCUT2D eigenvalue weighted by Crippen LogP contribution is 2.22. The number of methoxy groups -OCH3 is 1. The van der Waals surface area contributed by atoms with Crippen molar-refractivity contribution < 1.29 is 9.53 Å². The van der Waals surface area contributed by atoms with Crippen molar-refractivity contribution in [2.45, 2.75) is 0 Å². The topological polar surface area (TPSA) is 39.2 Å². The van der Waals surface area contributed by atoms with Crippen molar-refractivity contribution in [3.63, 3.8) is 0 Å². The van der Waals surface area contributed by atoms with Crippen LogP contribution in [0.4, 0.5) is 0 Å². The fraction of sp³-hybridized carbons (Fsp3) is 0.0526. The van der Waals surface area contributed by atoms with Crippen molar-refractivity contribution in [1.29, 1.82) is 0 Å². The third-order valence-corrected chi connectivity index (χ3v) is 3.44. The number of hydrogen-bond donors (Lipinski definition) is 0. The standard InChI is InChI=1S/C19H15NO2/c1-22-18-8-7-15-11-14(4-6-16(15)12-18)5-9-19(21)17-3-2-10-20-13-17/h2-13H,1H3. The molecule has 1 aromatic heterocycles. The van der Waals surface area contributed by atoms with E-state index in [-0.39, 0.29) is 5.78 Å². The maximum atomic E-state index is 12.0. The zero-order valence-electron chi connectivity index (χ0n) is 12.2. The van der Waals surface area contributed by atoms with Crippen LogP contribution in [0.25, 0.3) is 16.8 Å². The number of benzene rings is 2. The molecule has 0 atom stereocenters. The summed E-state index contributed by atoms with van der Waals surface area (Å²) >= 11 is 0. The van der Waals surface area contributed by atoms with Crippen LogP contribution in [0.5, 0.6) is 5.75 Å². The van der Waals surface area contributed by atoms with Gasteiger partial charge in [-0.05, 0) is 52.7 Å². The third kappa shape index (κ3) is 3.04. The smallest absolute Gasteiger partial charge is 0.187 e. The molecule has 2 aromatic carbocycles. The Morgan fingerprint density at radius 3 is 2.68 bits per heavy atom. The average molecular weight is 289 g/mol. The van der Waals surface area contributed by atoms with Gasteiger partial charge in [-0.25, -0.2) is 0 Å². The second-order valence-corrected chi connectivity index (χ2v) is 4.91. The molecule has 0 N–H and O–H groups in total. The number of fused-ring (bicyclic) bond motifs is 1. The predicted molar refractivity (Wildman–Crippen MR) is 88.1 cm³/mol. The molecule has 0 fully saturated rings. The maximum Gasteiger partial charge on any atom is 0.187 e. The fourth-order valence-corrected chi connectivity index (χ4v) is 2.25. The lowest BCUT2D eigenvalue weighted by Gasteiger charge is -2.03. The summed E-state index contributed by atoms with van der Waals surface area (Å²) in [4.78, 5) is 16.0. The van der Waals surface area contributed by atoms with Crippen LogP contribution < -0.4 is 4.74 Å². The number of allylic oxidation sites excluding steroid dienone is 1. The van der Waals surface area contributed by atoms with Crippen molar-refractivity contribution >= 4 is 22.6 Å². The lowest BCUT2D eigenvalue weighted by Crippen LogP contribution is -1.93. The van der Waals surface area contributed by atoms with Crippen LogP contribution in [-0.2, 0) is 0 Å². The molecule has 0 spiro atoms. The third-order valence-electron chi connectivity index (χ3n) is 3.44. The van der Waals surface area contributed by atoms with Gasteiger partial charge in [0.25, 0.3) is 0 Å². The summed E-state index contributed by atoms with van der Waals surface area (Å²) in [5.41, 5.74) is 1.57. The van der Waals surface area contributed by atoms with Crippen LogP contribution in [0.3, 0.4) is 0 Å². The molecule has 0 radical (unpaired) electrons. The van der Waals surface area contributed by atoms with Crippen molar-refractivity contribution in [1.82, 2.24) is 4.98 Å². The minimum atomic E-state index is -0.0528. The van der Waals surface area contributed by atoms with Gasteiger partial charge in [-0.15, -0.1) is 0 Å². The van der Waals surface area contributed by atoms with Crippen LogP contribution in [-0.4, -0.2) is 17.9 Å². The van der Waals surface area contributed by atoms with E-state index >= 15 is 0 Å². The predicted octanol–water partition coefficient (Wildman–Crippen LogP) is 4.14. The Hall–Kier alpha value is -2.94. The Balaban J connectivity index is 1.85. The number of aromatic nitrogens is 1. The van der Waals surface area contributed by atoms with Gasteiger partial charge in [0.05, 0.1) is 7.11 Å². The van der Waals surface area contributed by atoms with E-state index < -0.39 is 0 Å². The van der Waals surface area contributed by atoms with E-state index in [0.29, 0.717) is 5.56 Å². The number of nitrogens with zero attached hydrogens (tertiary/aromatic N) is 1. The van der Waals surface area contributed by atoms with Gasteiger partial charge in [0.1, 0.15) is 5.75 Å². The van der Waals surface area contributed by atoms with Gasteiger partial charge in [-0.3, -0.25) is 9.78 Å². The fourth-order valence-electron chi connectivity index (χ4n) is 2.25. The molecule has 0 amide bonds. The summed E-state index contributed by atoms with van der Waals surface area (Å²) < 4.78 is 5.22. The number of rotatable bonds is 4. The number of hydrogen-bond acceptors (Lipinski definition) is 3.